The van der Waals surface area contributed by atoms with Gasteiger partial charge in [0.05, 0.1) is 0 Å². The molecule has 1 aliphatic carbocycles. The number of hydrogen-bond acceptors (Lipinski definition) is 1. The van der Waals surface area contributed by atoms with E-state index >= 15 is 0 Å². The van der Waals surface area contributed by atoms with E-state index in [-0.39, 0.29) is 0 Å². The summed E-state index contributed by atoms with van der Waals surface area (Å²) in [5.41, 5.74) is 7.89. The lowest BCUT2D eigenvalue weighted by Crippen LogP contribution is -1.96. The van der Waals surface area contributed by atoms with E-state index in [9.17, 15) is 4.55 Å². The zero-order chi connectivity index (χ0) is 16.6. The van der Waals surface area contributed by atoms with Gasteiger partial charge in [-0.1, -0.05) is 29.7 Å². The summed E-state index contributed by atoms with van der Waals surface area (Å²) >= 11 is -0.951. The van der Waals surface area contributed by atoms with Gasteiger partial charge in [-0.25, -0.2) is 0 Å². The highest BCUT2D eigenvalue weighted by Gasteiger charge is 2.22. The van der Waals surface area contributed by atoms with E-state index in [0.29, 0.717) is 0 Å². The third-order valence-electron chi connectivity index (χ3n) is 4.18. The van der Waals surface area contributed by atoms with Gasteiger partial charge in [0.2, 0.25) is 0 Å². The van der Waals surface area contributed by atoms with Crippen molar-refractivity contribution in [2.75, 3.05) is 6.26 Å². The van der Waals surface area contributed by atoms with Gasteiger partial charge in [0, 0.05) is 5.57 Å². The van der Waals surface area contributed by atoms with Gasteiger partial charge in [-0.3, -0.25) is 0 Å². The van der Waals surface area contributed by atoms with Crippen LogP contribution in [0.25, 0.3) is 17.2 Å². The molecule has 0 radical (unpaired) electrons. The Bertz CT molecular complexity index is 862. The number of hydrogen-bond donors (Lipinski definition) is 0. The third kappa shape index (κ3) is 2.86. The minimum Gasteiger partial charge on any atom is -0.612 e. The molecule has 0 fully saturated rings. The highest BCUT2D eigenvalue weighted by Crippen LogP contribution is 2.42. The van der Waals surface area contributed by atoms with Crippen LogP contribution >= 0.6 is 0 Å². The predicted molar refractivity (Wildman–Crippen MR) is 99.3 cm³/mol. The fraction of sp³-hybridized carbons (Fsp3) is 0.143. The fourth-order valence-corrected chi connectivity index (χ4v) is 3.45. The van der Waals surface area contributed by atoms with E-state index in [1.165, 1.54) is 16.7 Å². The van der Waals surface area contributed by atoms with Gasteiger partial charge >= 0.3 is 0 Å². The van der Waals surface area contributed by atoms with Gasteiger partial charge in [-0.2, -0.15) is 0 Å². The Balaban J connectivity index is 2.10. The largest absolute Gasteiger partial charge is 0.612 e. The highest BCUT2D eigenvalue weighted by molar-refractivity contribution is 7.90. The van der Waals surface area contributed by atoms with Crippen LogP contribution in [0, 0.1) is 19.3 Å². The van der Waals surface area contributed by atoms with Crippen LogP contribution in [0.3, 0.4) is 0 Å². The zero-order valence-corrected chi connectivity index (χ0v) is 14.3. The summed E-state index contributed by atoms with van der Waals surface area (Å²) in [5, 5.41) is 0. The first-order valence-electron chi connectivity index (χ1n) is 7.45. The van der Waals surface area contributed by atoms with E-state index < -0.39 is 11.2 Å². The lowest BCUT2D eigenvalue weighted by molar-refractivity contribution is 0.601. The van der Waals surface area contributed by atoms with Crippen LogP contribution in [0.5, 0.6) is 0 Å². The van der Waals surface area contributed by atoms with E-state index in [1.807, 2.05) is 24.3 Å². The van der Waals surface area contributed by atoms with Gasteiger partial charge < -0.3 is 4.55 Å². The molecule has 0 heterocycles. The Hall–Kier alpha value is -2.21. The van der Waals surface area contributed by atoms with Crippen molar-refractivity contribution in [1.29, 1.82) is 0 Å². The van der Waals surface area contributed by atoms with Crippen LogP contribution in [-0.4, -0.2) is 10.8 Å². The van der Waals surface area contributed by atoms with Crippen LogP contribution in [-0.2, 0) is 11.2 Å². The van der Waals surface area contributed by atoms with E-state index in [0.717, 1.165) is 27.2 Å². The molecule has 0 N–H and O–H groups in total. The van der Waals surface area contributed by atoms with Crippen LogP contribution in [0.15, 0.2) is 52.9 Å². The molecule has 3 rings (SSSR count). The van der Waals surface area contributed by atoms with Crippen molar-refractivity contribution in [2.45, 2.75) is 18.7 Å². The molecule has 1 nitrogen and oxygen atoms in total. The molecule has 23 heavy (non-hydrogen) atoms. The zero-order valence-electron chi connectivity index (χ0n) is 13.5. The molecular weight excluding hydrogens is 300 g/mol. The van der Waals surface area contributed by atoms with Crippen molar-refractivity contribution < 1.29 is 4.55 Å². The minimum atomic E-state index is -0.951. The molecule has 0 spiro atoms. The molecular formula is C21H18OS. The van der Waals surface area contributed by atoms with Crippen LogP contribution < -0.4 is 0 Å². The Labute approximate surface area is 140 Å². The topological polar surface area (TPSA) is 23.1 Å². The third-order valence-corrected chi connectivity index (χ3v) is 5.12. The molecule has 114 valence electrons. The second-order valence-corrected chi connectivity index (χ2v) is 7.15. The quantitative estimate of drug-likeness (QED) is 0.582. The van der Waals surface area contributed by atoms with Crippen molar-refractivity contribution >= 4 is 28.4 Å². The number of fused-ring (bicyclic) bond motifs is 1. The van der Waals surface area contributed by atoms with Crippen LogP contribution in [0.2, 0.25) is 0 Å². The molecule has 2 aromatic carbocycles. The monoisotopic (exact) mass is 318 g/mol. The van der Waals surface area contributed by atoms with Gasteiger partial charge in [-0.05, 0) is 83.2 Å². The average Bonchev–Trinajstić information content (AvgIpc) is 2.79. The molecule has 2 heteroatoms. The number of aryl methyl sites for hydroxylation is 1. The number of rotatable bonds is 2. The standard InChI is InChI=1S/C21H18OS/c1-5-18-15(3)20(19-11-6-14(2)12-21(18)19)13-16-7-9-17(10-8-16)23(4)22/h1,6-13H,2-4H3/b20-13+. The van der Waals surface area contributed by atoms with Gasteiger partial charge in [0.15, 0.2) is 4.90 Å². The second kappa shape index (κ2) is 6.12. The molecule has 0 saturated carbocycles. The van der Waals surface area contributed by atoms with Crippen molar-refractivity contribution in [3.63, 3.8) is 0 Å². The molecule has 0 bridgehead atoms. The SMILES string of the molecule is C#CC1=C(C)/C(=C\c2ccc([S+](C)[O-])cc2)c2ccc(C)cc21. The maximum atomic E-state index is 11.5. The highest BCUT2D eigenvalue weighted by atomic mass is 32.2. The lowest BCUT2D eigenvalue weighted by Gasteiger charge is -2.06. The van der Waals surface area contributed by atoms with Crippen molar-refractivity contribution in [1.82, 2.24) is 0 Å². The number of allylic oxidation sites excluding steroid dienone is 3. The lowest BCUT2D eigenvalue weighted by atomic mass is 9.99. The Morgan fingerprint density at radius 1 is 1.04 bits per heavy atom. The smallest absolute Gasteiger partial charge is 0.152 e. The van der Waals surface area contributed by atoms with Crippen molar-refractivity contribution in [3.8, 4) is 12.3 Å². The summed E-state index contributed by atoms with van der Waals surface area (Å²) < 4.78 is 11.5. The summed E-state index contributed by atoms with van der Waals surface area (Å²) in [4.78, 5) is 0.839. The van der Waals surface area contributed by atoms with E-state index in [4.69, 9.17) is 6.42 Å². The van der Waals surface area contributed by atoms with Crippen LogP contribution in [0.1, 0.15) is 29.2 Å². The summed E-state index contributed by atoms with van der Waals surface area (Å²) in [6, 6.07) is 14.2. The van der Waals surface area contributed by atoms with Gasteiger partial charge in [-0.15, -0.1) is 6.42 Å². The second-order valence-electron chi connectivity index (χ2n) is 5.77. The Morgan fingerprint density at radius 3 is 2.35 bits per heavy atom. The first-order valence-corrected chi connectivity index (χ1v) is 9.01. The van der Waals surface area contributed by atoms with E-state index in [1.54, 1.807) is 6.26 Å². The van der Waals surface area contributed by atoms with Crippen molar-refractivity contribution in [2.24, 2.45) is 0 Å². The summed E-state index contributed by atoms with van der Waals surface area (Å²) in [5.74, 6) is 2.84. The van der Waals surface area contributed by atoms with Gasteiger partial charge in [0.25, 0.3) is 0 Å². The maximum Gasteiger partial charge on any atom is 0.152 e. The number of terminal acetylenes is 1. The molecule has 0 saturated heterocycles. The Morgan fingerprint density at radius 2 is 1.74 bits per heavy atom. The molecule has 0 aliphatic heterocycles. The van der Waals surface area contributed by atoms with E-state index in [2.05, 4.69) is 44.0 Å². The maximum absolute atomic E-state index is 11.5. The van der Waals surface area contributed by atoms with Crippen LogP contribution in [0.4, 0.5) is 0 Å². The van der Waals surface area contributed by atoms with Crippen molar-refractivity contribution in [3.05, 3.63) is 70.3 Å². The molecule has 2 aromatic rings. The average molecular weight is 318 g/mol. The van der Waals surface area contributed by atoms with Gasteiger partial charge in [0.1, 0.15) is 6.26 Å². The minimum absolute atomic E-state index is 0.839. The summed E-state index contributed by atoms with van der Waals surface area (Å²) in [6.07, 6.45) is 9.57. The predicted octanol–water partition coefficient (Wildman–Crippen LogP) is 4.69. The first kappa shape index (κ1) is 15.7. The number of benzene rings is 2. The molecule has 1 unspecified atom stereocenters. The molecule has 0 amide bonds. The fourth-order valence-electron chi connectivity index (χ4n) is 2.93. The summed E-state index contributed by atoms with van der Waals surface area (Å²) in [7, 11) is 0. The molecule has 1 atom stereocenters. The first-order chi connectivity index (χ1) is 11.0. The summed E-state index contributed by atoms with van der Waals surface area (Å²) in [6.45, 7) is 4.15. The molecule has 1 aliphatic rings. The Kier molecular flexibility index (Phi) is 4.17. The molecule has 0 aromatic heterocycles. The normalized spacial score (nSPS) is 16.4.